The second kappa shape index (κ2) is 7.95. The minimum atomic E-state index is 0.135. The summed E-state index contributed by atoms with van der Waals surface area (Å²) in [5, 5.41) is 0.823. The summed E-state index contributed by atoms with van der Waals surface area (Å²) >= 11 is 10.4. The van der Waals surface area contributed by atoms with Crippen molar-refractivity contribution < 1.29 is 4.79 Å². The summed E-state index contributed by atoms with van der Waals surface area (Å²) < 4.78 is 1.83. The van der Waals surface area contributed by atoms with E-state index in [1.54, 1.807) is 0 Å². The van der Waals surface area contributed by atoms with Gasteiger partial charge < -0.3 is 4.90 Å². The fourth-order valence-electron chi connectivity index (χ4n) is 2.75. The Bertz CT molecular complexity index is 472. The molecule has 1 aliphatic rings. The first-order valence-corrected chi connectivity index (χ1v) is 9.66. The minimum absolute atomic E-state index is 0.135. The Hall–Kier alpha value is 0.130. The van der Waals surface area contributed by atoms with Gasteiger partial charge in [0.05, 0.1) is 5.56 Å². The average molecular weight is 468 g/mol. The van der Waals surface area contributed by atoms with Crippen molar-refractivity contribution in [3.8, 4) is 0 Å². The van der Waals surface area contributed by atoms with Gasteiger partial charge in [0.1, 0.15) is 0 Å². The second-order valence-corrected chi connectivity index (χ2v) is 7.67. The molecule has 1 fully saturated rings. The largest absolute Gasteiger partial charge is 0.335 e. The van der Waals surface area contributed by atoms with Crippen LogP contribution >= 0.6 is 47.8 Å². The minimum Gasteiger partial charge on any atom is -0.335 e. The molecule has 1 aromatic carbocycles. The zero-order valence-electron chi connectivity index (χ0n) is 11.2. The third kappa shape index (κ3) is 4.08. The van der Waals surface area contributed by atoms with Crippen LogP contribution in [0.5, 0.6) is 0 Å². The van der Waals surface area contributed by atoms with Gasteiger partial charge in [0.15, 0.2) is 0 Å². The normalized spacial score (nSPS) is 16.1. The number of hydrogen-bond acceptors (Lipinski definition) is 1. The van der Waals surface area contributed by atoms with Crippen LogP contribution < -0.4 is 0 Å². The van der Waals surface area contributed by atoms with Gasteiger partial charge in [-0.2, -0.15) is 0 Å². The van der Waals surface area contributed by atoms with Crippen LogP contribution in [-0.4, -0.2) is 28.7 Å². The molecule has 0 bridgehead atoms. The van der Waals surface area contributed by atoms with Crippen LogP contribution in [0.25, 0.3) is 0 Å². The van der Waals surface area contributed by atoms with Crippen LogP contribution in [0, 0.1) is 0 Å². The number of halogens is 3. The zero-order valence-corrected chi connectivity index (χ0v) is 16.0. The van der Waals surface area contributed by atoms with Crippen LogP contribution in [0.4, 0.5) is 0 Å². The Kier molecular flexibility index (Phi) is 6.56. The molecule has 0 aliphatic heterocycles. The molecular weight excluding hydrogens is 450 g/mol. The molecule has 110 valence electrons. The van der Waals surface area contributed by atoms with E-state index >= 15 is 0 Å². The van der Waals surface area contributed by atoms with Crippen molar-refractivity contribution in [2.24, 2.45) is 0 Å². The molecule has 2 rings (SSSR count). The van der Waals surface area contributed by atoms with Crippen LogP contribution in [0.15, 0.2) is 27.1 Å². The van der Waals surface area contributed by atoms with E-state index < -0.39 is 0 Å². The Morgan fingerprint density at radius 3 is 2.50 bits per heavy atom. The van der Waals surface area contributed by atoms with Crippen molar-refractivity contribution in [3.63, 3.8) is 0 Å². The van der Waals surface area contributed by atoms with Gasteiger partial charge in [0.2, 0.25) is 0 Å². The van der Waals surface area contributed by atoms with Gasteiger partial charge in [-0.05, 0) is 47.0 Å². The molecule has 1 amide bonds. The van der Waals surface area contributed by atoms with Crippen molar-refractivity contribution in [2.45, 2.75) is 38.1 Å². The number of rotatable bonds is 4. The van der Waals surface area contributed by atoms with Gasteiger partial charge >= 0.3 is 0 Å². The highest BCUT2D eigenvalue weighted by Crippen LogP contribution is 2.27. The predicted octanol–water partition coefficient (Wildman–Crippen LogP) is 5.38. The van der Waals surface area contributed by atoms with Crippen molar-refractivity contribution in [2.75, 3.05) is 11.9 Å². The summed E-state index contributed by atoms with van der Waals surface area (Å²) in [6, 6.07) is 6.14. The third-order valence-corrected chi connectivity index (χ3v) is 5.27. The highest BCUT2D eigenvalue weighted by molar-refractivity contribution is 9.11. The fourth-order valence-corrected chi connectivity index (χ4v) is 4.35. The molecule has 0 saturated heterocycles. The molecular formula is C15H18Br3NO. The molecule has 1 aromatic rings. The maximum atomic E-state index is 12.8. The van der Waals surface area contributed by atoms with Gasteiger partial charge in [-0.1, -0.05) is 51.1 Å². The van der Waals surface area contributed by atoms with E-state index in [4.69, 9.17) is 0 Å². The lowest BCUT2D eigenvalue weighted by molar-refractivity contribution is 0.0650. The summed E-state index contributed by atoms with van der Waals surface area (Å²) in [6.45, 7) is 0.770. The number of alkyl halides is 1. The van der Waals surface area contributed by atoms with Gasteiger partial charge in [-0.3, -0.25) is 4.79 Å². The van der Waals surface area contributed by atoms with Crippen LogP contribution in [0.3, 0.4) is 0 Å². The monoisotopic (exact) mass is 465 g/mol. The first kappa shape index (κ1) is 16.5. The highest BCUT2D eigenvalue weighted by Gasteiger charge is 2.26. The Morgan fingerprint density at radius 2 is 1.90 bits per heavy atom. The lowest BCUT2D eigenvalue weighted by Gasteiger charge is -2.34. The van der Waals surface area contributed by atoms with Crippen molar-refractivity contribution >= 4 is 53.7 Å². The van der Waals surface area contributed by atoms with E-state index in [0.29, 0.717) is 6.04 Å². The molecule has 0 heterocycles. The second-order valence-electron chi connectivity index (χ2n) is 5.10. The number of carbonyl (C=O) groups excluding carboxylic acids is 1. The van der Waals surface area contributed by atoms with Gasteiger partial charge in [-0.15, -0.1) is 0 Å². The molecule has 0 aromatic heterocycles. The van der Waals surface area contributed by atoms with Crippen molar-refractivity contribution in [3.05, 3.63) is 32.7 Å². The molecule has 1 aliphatic carbocycles. The number of nitrogens with zero attached hydrogens (tertiary/aromatic N) is 1. The zero-order chi connectivity index (χ0) is 14.5. The molecule has 1 saturated carbocycles. The van der Waals surface area contributed by atoms with E-state index in [9.17, 15) is 4.79 Å². The van der Waals surface area contributed by atoms with E-state index in [1.807, 2.05) is 23.1 Å². The maximum absolute atomic E-state index is 12.8. The van der Waals surface area contributed by atoms with Crippen LogP contribution in [-0.2, 0) is 0 Å². The van der Waals surface area contributed by atoms with Crippen LogP contribution in [0.1, 0.15) is 42.5 Å². The standard InChI is InChI=1S/C15H18Br3NO/c16-8-9-19(12-4-2-1-3-5-12)15(20)13-7-6-11(17)10-14(13)18/h6-7,10,12H,1-5,8-9H2. The first-order valence-electron chi connectivity index (χ1n) is 6.95. The lowest BCUT2D eigenvalue weighted by atomic mass is 9.93. The topological polar surface area (TPSA) is 20.3 Å². The fraction of sp³-hybridized carbons (Fsp3) is 0.533. The summed E-state index contributed by atoms with van der Waals surface area (Å²) in [6.07, 6.45) is 6.03. The number of hydrogen-bond donors (Lipinski definition) is 0. The molecule has 0 atom stereocenters. The van der Waals surface area contributed by atoms with Crippen molar-refractivity contribution in [1.29, 1.82) is 0 Å². The number of amides is 1. The average Bonchev–Trinajstić information content (AvgIpc) is 2.45. The maximum Gasteiger partial charge on any atom is 0.255 e. The van der Waals surface area contributed by atoms with Crippen LogP contribution in [0.2, 0.25) is 0 Å². The van der Waals surface area contributed by atoms with E-state index in [2.05, 4.69) is 47.8 Å². The Labute approximate surface area is 145 Å². The first-order chi connectivity index (χ1) is 9.63. The molecule has 2 nitrogen and oxygen atoms in total. The smallest absolute Gasteiger partial charge is 0.255 e. The quantitative estimate of drug-likeness (QED) is 0.544. The van der Waals surface area contributed by atoms with Gasteiger partial charge in [-0.25, -0.2) is 0 Å². The third-order valence-electron chi connectivity index (χ3n) is 3.76. The van der Waals surface area contributed by atoms with Gasteiger partial charge in [0.25, 0.3) is 5.91 Å². The van der Waals surface area contributed by atoms with Gasteiger partial charge in [0, 0.05) is 26.9 Å². The number of carbonyl (C=O) groups is 1. The Morgan fingerprint density at radius 1 is 1.20 bits per heavy atom. The summed E-state index contributed by atoms with van der Waals surface area (Å²) in [5.74, 6) is 0.135. The van der Waals surface area contributed by atoms with E-state index in [0.717, 1.165) is 39.2 Å². The molecule has 0 unspecified atom stereocenters. The highest BCUT2D eigenvalue weighted by atomic mass is 79.9. The summed E-state index contributed by atoms with van der Waals surface area (Å²) in [4.78, 5) is 14.9. The molecule has 0 spiro atoms. The molecule has 20 heavy (non-hydrogen) atoms. The molecule has 5 heteroatoms. The molecule has 0 N–H and O–H groups in total. The van der Waals surface area contributed by atoms with E-state index in [1.165, 1.54) is 19.3 Å². The van der Waals surface area contributed by atoms with Crippen molar-refractivity contribution in [1.82, 2.24) is 4.90 Å². The summed E-state index contributed by atoms with van der Waals surface area (Å²) in [7, 11) is 0. The number of benzene rings is 1. The lowest BCUT2D eigenvalue weighted by Crippen LogP contribution is -2.42. The SMILES string of the molecule is O=C(c1ccc(Br)cc1Br)N(CCBr)C1CCCCC1. The summed E-state index contributed by atoms with van der Waals surface area (Å²) in [5.41, 5.74) is 0.750. The molecule has 0 radical (unpaired) electrons. The Balaban J connectivity index is 2.21. The van der Waals surface area contributed by atoms with E-state index in [-0.39, 0.29) is 5.91 Å². The predicted molar refractivity (Wildman–Crippen MR) is 93.5 cm³/mol.